The van der Waals surface area contributed by atoms with Crippen molar-refractivity contribution < 1.29 is 63.7 Å². The lowest BCUT2D eigenvalue weighted by Gasteiger charge is -2.24. The number of ether oxygens (including phenoxy) is 2. The molecule has 0 aromatic heterocycles. The predicted octanol–water partition coefficient (Wildman–Crippen LogP) is 7.39. The van der Waals surface area contributed by atoms with E-state index in [0.29, 0.717) is 12.1 Å². The van der Waals surface area contributed by atoms with E-state index in [0.717, 1.165) is 5.56 Å². The standard InChI is InChI=1S/C24H25F6NO3.C2HF3O2/c1-22(2,3)34-21(32)31-12-16(20(13-31)15-7-5-4-6-8-15)14-33-19-10-17(23(25,26)27)9-18(11-19)24(28,29)30;3-2(4,5)1(6)7/h4-11,16,20H,12-14H2,1-3H3;(H,6,7)/t16-,20-;/m1./s1. The molecule has 0 saturated carbocycles. The zero-order valence-corrected chi connectivity index (χ0v) is 21.8. The highest BCUT2D eigenvalue weighted by Gasteiger charge is 2.40. The van der Waals surface area contributed by atoms with Crippen LogP contribution in [0.2, 0.25) is 0 Å². The smallest absolute Gasteiger partial charge is 0.490 e. The monoisotopic (exact) mass is 603 g/mol. The number of alkyl halides is 9. The van der Waals surface area contributed by atoms with E-state index in [1.165, 1.54) is 4.90 Å². The number of benzene rings is 2. The molecule has 1 aliphatic heterocycles. The maximum absolute atomic E-state index is 13.2. The normalized spacial score (nSPS) is 17.9. The summed E-state index contributed by atoms with van der Waals surface area (Å²) in [4.78, 5) is 23.0. The summed E-state index contributed by atoms with van der Waals surface area (Å²) in [7, 11) is 0. The van der Waals surface area contributed by atoms with Crippen LogP contribution >= 0.6 is 0 Å². The Morgan fingerprint density at radius 1 is 0.854 bits per heavy atom. The van der Waals surface area contributed by atoms with Crippen LogP contribution in [0.3, 0.4) is 0 Å². The van der Waals surface area contributed by atoms with Gasteiger partial charge in [-0.3, -0.25) is 0 Å². The minimum Gasteiger partial charge on any atom is -0.493 e. The molecule has 15 heteroatoms. The third-order valence-electron chi connectivity index (χ3n) is 5.59. The number of carbonyl (C=O) groups is 2. The van der Waals surface area contributed by atoms with Gasteiger partial charge in [0.25, 0.3) is 0 Å². The average Bonchev–Trinajstić information content (AvgIpc) is 3.25. The number of halogens is 9. The number of hydrogen-bond acceptors (Lipinski definition) is 4. The SMILES string of the molecule is CC(C)(C)OC(=O)N1C[C@H](COc2cc(C(F)(F)F)cc(C(F)(F)F)c2)[C@@H](c2ccccc2)C1.O=C(O)C(F)(F)F. The Morgan fingerprint density at radius 3 is 1.76 bits per heavy atom. The number of nitrogens with zero attached hydrogens (tertiary/aromatic N) is 1. The molecule has 1 aliphatic rings. The summed E-state index contributed by atoms with van der Waals surface area (Å²) < 4.78 is 122. The van der Waals surface area contributed by atoms with E-state index >= 15 is 0 Å². The summed E-state index contributed by atoms with van der Waals surface area (Å²) >= 11 is 0. The summed E-state index contributed by atoms with van der Waals surface area (Å²) in [6.07, 6.45) is -15.6. The van der Waals surface area contributed by atoms with Gasteiger partial charge in [0.2, 0.25) is 0 Å². The Kier molecular flexibility index (Phi) is 10.2. The molecule has 6 nitrogen and oxygen atoms in total. The number of amides is 1. The first-order chi connectivity index (χ1) is 18.6. The molecule has 1 N–H and O–H groups in total. The van der Waals surface area contributed by atoms with E-state index < -0.39 is 53.1 Å². The van der Waals surface area contributed by atoms with Crippen LogP contribution in [-0.2, 0) is 21.9 Å². The minimum absolute atomic E-state index is 0.0550. The molecule has 1 heterocycles. The maximum atomic E-state index is 13.2. The van der Waals surface area contributed by atoms with Crippen molar-refractivity contribution in [1.82, 2.24) is 4.90 Å². The molecule has 41 heavy (non-hydrogen) atoms. The summed E-state index contributed by atoms with van der Waals surface area (Å²) in [6.45, 7) is 5.45. The van der Waals surface area contributed by atoms with E-state index in [-0.39, 0.29) is 37.6 Å². The van der Waals surface area contributed by atoms with Gasteiger partial charge in [-0.2, -0.15) is 39.5 Å². The van der Waals surface area contributed by atoms with E-state index in [1.807, 2.05) is 30.3 Å². The molecule has 1 fully saturated rings. The fourth-order valence-corrected chi connectivity index (χ4v) is 3.81. The van der Waals surface area contributed by atoms with Gasteiger partial charge in [-0.1, -0.05) is 30.3 Å². The molecule has 0 aliphatic carbocycles. The van der Waals surface area contributed by atoms with Gasteiger partial charge in [0.1, 0.15) is 11.4 Å². The molecule has 2 atom stereocenters. The summed E-state index contributed by atoms with van der Waals surface area (Å²) in [5, 5.41) is 7.12. The lowest BCUT2D eigenvalue weighted by Crippen LogP contribution is -2.35. The lowest BCUT2D eigenvalue weighted by atomic mass is 9.89. The van der Waals surface area contributed by atoms with E-state index in [2.05, 4.69) is 0 Å². The molecule has 0 bridgehead atoms. The Bertz CT molecular complexity index is 1160. The van der Waals surface area contributed by atoms with Crippen LogP contribution in [0.4, 0.5) is 44.3 Å². The lowest BCUT2D eigenvalue weighted by molar-refractivity contribution is -0.192. The molecule has 2 aromatic rings. The minimum atomic E-state index is -5.08. The predicted molar refractivity (Wildman–Crippen MR) is 126 cm³/mol. The van der Waals surface area contributed by atoms with Gasteiger partial charge >= 0.3 is 30.6 Å². The van der Waals surface area contributed by atoms with Crippen molar-refractivity contribution in [3.8, 4) is 5.75 Å². The molecule has 1 amide bonds. The third kappa shape index (κ3) is 10.4. The maximum Gasteiger partial charge on any atom is 0.490 e. The molecule has 0 spiro atoms. The Morgan fingerprint density at radius 2 is 1.34 bits per heavy atom. The average molecular weight is 603 g/mol. The molecular weight excluding hydrogens is 577 g/mol. The first-order valence-corrected chi connectivity index (χ1v) is 11.8. The van der Waals surface area contributed by atoms with Gasteiger partial charge in [-0.25, -0.2) is 9.59 Å². The van der Waals surface area contributed by atoms with Crippen molar-refractivity contribution in [3.05, 3.63) is 65.2 Å². The first-order valence-electron chi connectivity index (χ1n) is 11.8. The van der Waals surface area contributed by atoms with Gasteiger partial charge in [0.15, 0.2) is 0 Å². The largest absolute Gasteiger partial charge is 0.493 e. The fourth-order valence-electron chi connectivity index (χ4n) is 3.81. The van der Waals surface area contributed by atoms with Crippen LogP contribution in [-0.4, -0.2) is 53.5 Å². The van der Waals surface area contributed by atoms with Gasteiger partial charge in [-0.05, 0) is 44.5 Å². The van der Waals surface area contributed by atoms with Crippen LogP contribution in [0.1, 0.15) is 43.4 Å². The molecule has 228 valence electrons. The van der Waals surface area contributed by atoms with Gasteiger partial charge < -0.3 is 19.5 Å². The number of carboxylic acid groups (broad SMARTS) is 1. The molecule has 0 unspecified atom stereocenters. The molecule has 0 radical (unpaired) electrons. The van der Waals surface area contributed by atoms with Crippen molar-refractivity contribution in [1.29, 1.82) is 0 Å². The summed E-state index contributed by atoms with van der Waals surface area (Å²) in [6, 6.07) is 10.3. The highest BCUT2D eigenvalue weighted by Crippen LogP contribution is 2.39. The van der Waals surface area contributed by atoms with Crippen LogP contribution < -0.4 is 4.74 Å². The van der Waals surface area contributed by atoms with Crippen LogP contribution in [0, 0.1) is 5.92 Å². The van der Waals surface area contributed by atoms with Crippen molar-refractivity contribution in [2.45, 2.75) is 50.8 Å². The number of carbonyl (C=O) groups excluding carboxylic acids is 1. The van der Waals surface area contributed by atoms with E-state index in [4.69, 9.17) is 19.4 Å². The Labute approximate surface area is 228 Å². The second kappa shape index (κ2) is 12.5. The van der Waals surface area contributed by atoms with Gasteiger partial charge in [0, 0.05) is 24.9 Å². The van der Waals surface area contributed by atoms with Crippen molar-refractivity contribution >= 4 is 12.1 Å². The van der Waals surface area contributed by atoms with Gasteiger partial charge in [0.05, 0.1) is 17.7 Å². The van der Waals surface area contributed by atoms with Gasteiger partial charge in [-0.15, -0.1) is 0 Å². The zero-order valence-electron chi connectivity index (χ0n) is 21.8. The van der Waals surface area contributed by atoms with E-state index in [1.54, 1.807) is 20.8 Å². The van der Waals surface area contributed by atoms with Crippen LogP contribution in [0.15, 0.2) is 48.5 Å². The van der Waals surface area contributed by atoms with Crippen molar-refractivity contribution in [3.63, 3.8) is 0 Å². The number of likely N-dealkylation sites (tertiary alicyclic amines) is 1. The zero-order chi connectivity index (χ0) is 31.4. The van der Waals surface area contributed by atoms with Crippen LogP contribution in [0.25, 0.3) is 0 Å². The number of rotatable bonds is 4. The van der Waals surface area contributed by atoms with Crippen LogP contribution in [0.5, 0.6) is 5.75 Å². The fraction of sp³-hybridized carbons (Fsp3) is 0.462. The summed E-state index contributed by atoms with van der Waals surface area (Å²) in [5.74, 6) is -3.91. The quantitative estimate of drug-likeness (QED) is 0.369. The second-order valence-corrected chi connectivity index (χ2v) is 10.0. The highest BCUT2D eigenvalue weighted by atomic mass is 19.4. The second-order valence-electron chi connectivity index (χ2n) is 10.0. The Balaban J connectivity index is 0.000000745. The number of hydrogen-bond donors (Lipinski definition) is 1. The van der Waals surface area contributed by atoms with Crippen molar-refractivity contribution in [2.24, 2.45) is 5.92 Å². The Hall–Kier alpha value is -3.65. The molecule has 2 aromatic carbocycles. The summed E-state index contributed by atoms with van der Waals surface area (Å²) in [5.41, 5.74) is -2.74. The molecule has 3 rings (SSSR count). The topological polar surface area (TPSA) is 76.1 Å². The number of aliphatic carboxylic acids is 1. The van der Waals surface area contributed by atoms with E-state index in [9.17, 15) is 44.3 Å². The number of carboxylic acids is 1. The molecule has 1 saturated heterocycles. The highest BCUT2D eigenvalue weighted by molar-refractivity contribution is 5.73. The first kappa shape index (κ1) is 33.6. The molecular formula is C26H26F9NO5. The third-order valence-corrected chi connectivity index (χ3v) is 5.59. The van der Waals surface area contributed by atoms with Crippen molar-refractivity contribution in [2.75, 3.05) is 19.7 Å².